The van der Waals surface area contributed by atoms with Gasteiger partial charge in [-0.15, -0.1) is 0 Å². The minimum Gasteiger partial charge on any atom is -0.394 e. The maximum absolute atomic E-state index is 12.5. The van der Waals surface area contributed by atoms with Crippen LogP contribution in [-0.4, -0.2) is 46.1 Å². The third kappa shape index (κ3) is 45.8. The van der Waals surface area contributed by atoms with Gasteiger partial charge < -0.3 is 20.6 Å². The number of hydrogen-bond donors (Lipinski definition) is 4. The lowest BCUT2D eigenvalue weighted by Crippen LogP contribution is -2.45. The van der Waals surface area contributed by atoms with Crippen LogP contribution in [0.5, 0.6) is 0 Å². The van der Waals surface area contributed by atoms with E-state index in [-0.39, 0.29) is 18.9 Å². The van der Waals surface area contributed by atoms with Crippen LogP contribution in [0.3, 0.4) is 0 Å². The Labute approximate surface area is 374 Å². The predicted molar refractivity (Wildman–Crippen MR) is 264 cm³/mol. The van der Waals surface area contributed by atoms with Crippen molar-refractivity contribution in [1.29, 1.82) is 0 Å². The molecule has 0 aromatic heterocycles. The number of aliphatic hydroxyl groups excluding tert-OH is 3. The van der Waals surface area contributed by atoms with E-state index in [2.05, 4.69) is 55.6 Å². The number of carbonyl (C=O) groups is 1. The monoisotopic (exact) mass is 842 g/mol. The van der Waals surface area contributed by atoms with Gasteiger partial charge in [-0.3, -0.25) is 4.79 Å². The Hall–Kier alpha value is -1.69. The van der Waals surface area contributed by atoms with Crippen molar-refractivity contribution in [2.45, 2.75) is 289 Å². The van der Waals surface area contributed by atoms with Crippen molar-refractivity contribution in [2.75, 3.05) is 6.61 Å². The van der Waals surface area contributed by atoms with E-state index >= 15 is 0 Å². The summed E-state index contributed by atoms with van der Waals surface area (Å²) in [5.74, 6) is -0.329. The van der Waals surface area contributed by atoms with Gasteiger partial charge in [-0.25, -0.2) is 0 Å². The van der Waals surface area contributed by atoms with Crippen molar-refractivity contribution in [3.8, 4) is 0 Å². The fourth-order valence-corrected chi connectivity index (χ4v) is 8.01. The average molecular weight is 842 g/mol. The van der Waals surface area contributed by atoms with E-state index in [1.54, 1.807) is 6.08 Å². The predicted octanol–water partition coefficient (Wildman–Crippen LogP) is 16.1. The van der Waals surface area contributed by atoms with Gasteiger partial charge in [0.25, 0.3) is 0 Å². The molecule has 0 radical (unpaired) electrons. The number of unbranched alkanes of at least 4 members (excludes halogenated alkanes) is 33. The molecular weight excluding hydrogens is 739 g/mol. The van der Waals surface area contributed by atoms with E-state index in [9.17, 15) is 20.1 Å². The summed E-state index contributed by atoms with van der Waals surface area (Å²) in [6, 6.07) is -0.769. The van der Waals surface area contributed by atoms with E-state index in [4.69, 9.17) is 0 Å². The fourth-order valence-electron chi connectivity index (χ4n) is 8.01. The number of carbonyl (C=O) groups excluding carboxylic acids is 1. The molecule has 0 saturated heterocycles. The first kappa shape index (κ1) is 58.3. The van der Waals surface area contributed by atoms with Crippen LogP contribution in [-0.2, 0) is 4.79 Å². The summed E-state index contributed by atoms with van der Waals surface area (Å²) in [5.41, 5.74) is 0. The Balaban J connectivity index is 3.64. The Morgan fingerprint density at radius 2 is 0.717 bits per heavy atom. The lowest BCUT2D eigenvalue weighted by molar-refractivity contribution is -0.124. The molecule has 0 rings (SSSR count). The normalized spacial score (nSPS) is 13.8. The summed E-state index contributed by atoms with van der Waals surface area (Å²) in [6.45, 7) is 4.21. The van der Waals surface area contributed by atoms with E-state index in [0.29, 0.717) is 6.42 Å². The van der Waals surface area contributed by atoms with Gasteiger partial charge in [0.15, 0.2) is 0 Å². The molecule has 0 aromatic rings. The molecule has 1 amide bonds. The van der Waals surface area contributed by atoms with Gasteiger partial charge in [0, 0.05) is 0 Å². The van der Waals surface area contributed by atoms with Gasteiger partial charge in [0.1, 0.15) is 0 Å². The molecule has 5 heteroatoms. The van der Waals surface area contributed by atoms with Crippen LogP contribution < -0.4 is 5.32 Å². The highest BCUT2D eigenvalue weighted by molar-refractivity contribution is 5.76. The molecule has 0 fully saturated rings. The number of rotatable bonds is 48. The Morgan fingerprint density at radius 3 is 1.07 bits per heavy atom. The van der Waals surface area contributed by atoms with E-state index in [0.717, 1.165) is 38.5 Å². The van der Waals surface area contributed by atoms with Crippen LogP contribution in [0.25, 0.3) is 0 Å². The highest BCUT2D eigenvalue weighted by Crippen LogP contribution is 2.16. The molecule has 352 valence electrons. The number of hydrogen-bond acceptors (Lipinski definition) is 4. The molecule has 0 aromatic carbocycles. The topological polar surface area (TPSA) is 89.8 Å². The van der Waals surface area contributed by atoms with Gasteiger partial charge in [-0.1, -0.05) is 242 Å². The summed E-state index contributed by atoms with van der Waals surface area (Å²) >= 11 is 0. The first-order valence-corrected chi connectivity index (χ1v) is 26.4. The molecule has 0 aliphatic rings. The smallest absolute Gasteiger partial charge is 0.222 e. The summed E-state index contributed by atoms with van der Waals surface area (Å²) in [4.78, 5) is 12.5. The van der Waals surface area contributed by atoms with E-state index in [1.807, 2.05) is 6.08 Å². The molecule has 60 heavy (non-hydrogen) atoms. The second-order valence-corrected chi connectivity index (χ2v) is 18.1. The van der Waals surface area contributed by atoms with E-state index < -0.39 is 18.2 Å². The second kappa shape index (κ2) is 50.0. The standard InChI is InChI=1S/C55H103NO4/c1-3-5-7-9-11-13-15-17-19-21-23-24-25-26-27-28-29-31-32-34-36-38-40-42-44-46-48-52(58)50-55(60)56-53(51-57)54(59)49-47-45-43-41-39-37-35-33-30-22-20-18-16-14-12-10-8-6-4-2/h26-27,30,33,39,41,47,49,52-54,57-59H,3-25,28-29,31-32,34-38,40,42-46,48,50-51H2,1-2H3,(H,56,60)/b27-26-,33-30+,41-39+,49-47+. The highest BCUT2D eigenvalue weighted by Gasteiger charge is 2.20. The average Bonchev–Trinajstić information content (AvgIpc) is 3.24. The Morgan fingerprint density at radius 1 is 0.417 bits per heavy atom. The maximum atomic E-state index is 12.5. The maximum Gasteiger partial charge on any atom is 0.222 e. The van der Waals surface area contributed by atoms with E-state index in [1.165, 1.54) is 205 Å². The molecule has 0 aliphatic carbocycles. The summed E-state index contributed by atoms with van der Waals surface area (Å²) in [6.07, 6.45) is 65.7. The van der Waals surface area contributed by atoms with Crippen LogP contribution in [0.4, 0.5) is 0 Å². The number of amides is 1. The third-order valence-corrected chi connectivity index (χ3v) is 12.1. The molecule has 3 unspecified atom stereocenters. The van der Waals surface area contributed by atoms with Crippen molar-refractivity contribution in [3.05, 3.63) is 48.6 Å². The fraction of sp³-hybridized carbons (Fsp3) is 0.836. The van der Waals surface area contributed by atoms with Gasteiger partial charge in [0.2, 0.25) is 5.91 Å². The second-order valence-electron chi connectivity index (χ2n) is 18.1. The Bertz CT molecular complexity index is 974. The molecule has 3 atom stereocenters. The Kier molecular flexibility index (Phi) is 48.6. The first-order chi connectivity index (χ1) is 29.5. The van der Waals surface area contributed by atoms with Crippen LogP contribution in [0.2, 0.25) is 0 Å². The highest BCUT2D eigenvalue weighted by atomic mass is 16.3. The molecular formula is C55H103NO4. The van der Waals surface area contributed by atoms with Gasteiger partial charge in [-0.05, 0) is 70.6 Å². The van der Waals surface area contributed by atoms with Gasteiger partial charge in [-0.2, -0.15) is 0 Å². The largest absolute Gasteiger partial charge is 0.394 e. The summed E-state index contributed by atoms with van der Waals surface area (Å²) in [5, 5.41) is 33.4. The molecule has 0 heterocycles. The molecule has 5 nitrogen and oxygen atoms in total. The van der Waals surface area contributed by atoms with Gasteiger partial charge in [0.05, 0.1) is 31.3 Å². The van der Waals surface area contributed by atoms with Crippen LogP contribution in [0, 0.1) is 0 Å². The molecule has 4 N–H and O–H groups in total. The minimum atomic E-state index is -0.961. The zero-order chi connectivity index (χ0) is 43.7. The zero-order valence-electron chi connectivity index (χ0n) is 40.1. The quantitative estimate of drug-likeness (QED) is 0.0363. The zero-order valence-corrected chi connectivity index (χ0v) is 40.1. The van der Waals surface area contributed by atoms with Crippen molar-refractivity contribution in [1.82, 2.24) is 5.32 Å². The van der Waals surface area contributed by atoms with Crippen molar-refractivity contribution in [3.63, 3.8) is 0 Å². The molecule has 0 bridgehead atoms. The number of allylic oxidation sites excluding steroid dienone is 7. The number of nitrogens with one attached hydrogen (secondary N) is 1. The summed E-state index contributed by atoms with van der Waals surface area (Å²) < 4.78 is 0. The minimum absolute atomic E-state index is 0.00139. The molecule has 0 aliphatic heterocycles. The van der Waals surface area contributed by atoms with Crippen LogP contribution in [0.1, 0.15) is 271 Å². The van der Waals surface area contributed by atoms with Crippen molar-refractivity contribution in [2.24, 2.45) is 0 Å². The SMILES string of the molecule is CCCCCCCCCCC/C=C/CC/C=C/CC/C=C/C(O)C(CO)NC(=O)CC(O)CCCCCCCCCCCC/C=C\CCCCCCCCCCCCCC. The van der Waals surface area contributed by atoms with Crippen molar-refractivity contribution < 1.29 is 20.1 Å². The van der Waals surface area contributed by atoms with Crippen LogP contribution in [0.15, 0.2) is 48.6 Å². The lowest BCUT2D eigenvalue weighted by Gasteiger charge is -2.21. The van der Waals surface area contributed by atoms with Crippen LogP contribution >= 0.6 is 0 Å². The third-order valence-electron chi connectivity index (χ3n) is 12.1. The molecule has 0 spiro atoms. The summed E-state index contributed by atoms with van der Waals surface area (Å²) in [7, 11) is 0. The molecule has 0 saturated carbocycles. The van der Waals surface area contributed by atoms with Gasteiger partial charge >= 0.3 is 0 Å². The van der Waals surface area contributed by atoms with Crippen molar-refractivity contribution >= 4 is 5.91 Å². The first-order valence-electron chi connectivity index (χ1n) is 26.4. The number of aliphatic hydroxyl groups is 3. The lowest BCUT2D eigenvalue weighted by atomic mass is 10.0.